The quantitative estimate of drug-likeness (QED) is 0.884. The SMILES string of the molecule is CNCc1nc(Cc2cccc(Cl)c2)no1. The molecule has 0 amide bonds. The molecule has 16 heavy (non-hydrogen) atoms. The number of nitrogens with one attached hydrogen (secondary N) is 1. The predicted octanol–water partition coefficient (Wildman–Crippen LogP) is 2.03. The fraction of sp³-hybridized carbons (Fsp3) is 0.273. The average molecular weight is 238 g/mol. The molecule has 1 aromatic heterocycles. The molecule has 0 spiro atoms. The maximum Gasteiger partial charge on any atom is 0.240 e. The Balaban J connectivity index is 2.08. The lowest BCUT2D eigenvalue weighted by atomic mass is 10.1. The second-order valence-electron chi connectivity index (χ2n) is 3.44. The molecule has 0 unspecified atom stereocenters. The Morgan fingerprint density at radius 2 is 2.31 bits per heavy atom. The van der Waals surface area contributed by atoms with E-state index in [1.54, 1.807) is 0 Å². The van der Waals surface area contributed by atoms with E-state index in [-0.39, 0.29) is 0 Å². The van der Waals surface area contributed by atoms with Crippen molar-refractivity contribution in [2.24, 2.45) is 0 Å². The number of hydrogen-bond acceptors (Lipinski definition) is 4. The third kappa shape index (κ3) is 2.81. The minimum Gasteiger partial charge on any atom is -0.338 e. The fourth-order valence-electron chi connectivity index (χ4n) is 1.41. The molecule has 0 aliphatic rings. The number of rotatable bonds is 4. The Labute approximate surface area is 98.6 Å². The third-order valence-corrected chi connectivity index (χ3v) is 2.32. The molecule has 1 aromatic carbocycles. The molecular formula is C11H12ClN3O. The zero-order chi connectivity index (χ0) is 11.4. The second-order valence-corrected chi connectivity index (χ2v) is 3.88. The molecule has 2 aromatic rings. The molecule has 2 rings (SSSR count). The van der Waals surface area contributed by atoms with Gasteiger partial charge in [0, 0.05) is 11.4 Å². The van der Waals surface area contributed by atoms with Crippen molar-refractivity contribution in [3.8, 4) is 0 Å². The van der Waals surface area contributed by atoms with Gasteiger partial charge in [0.05, 0.1) is 6.54 Å². The zero-order valence-electron chi connectivity index (χ0n) is 8.90. The Kier molecular flexibility index (Phi) is 3.54. The number of benzene rings is 1. The van der Waals surface area contributed by atoms with Crippen LogP contribution < -0.4 is 5.32 Å². The van der Waals surface area contributed by atoms with Crippen LogP contribution in [0.3, 0.4) is 0 Å². The second kappa shape index (κ2) is 5.09. The highest BCUT2D eigenvalue weighted by atomic mass is 35.5. The van der Waals surface area contributed by atoms with Crippen LogP contribution in [0.1, 0.15) is 17.3 Å². The van der Waals surface area contributed by atoms with Crippen molar-refractivity contribution >= 4 is 11.6 Å². The molecule has 84 valence electrons. The van der Waals surface area contributed by atoms with Crippen LogP contribution in [0.4, 0.5) is 0 Å². The summed E-state index contributed by atoms with van der Waals surface area (Å²) >= 11 is 5.89. The van der Waals surface area contributed by atoms with Crippen molar-refractivity contribution in [3.05, 3.63) is 46.6 Å². The topological polar surface area (TPSA) is 51.0 Å². The van der Waals surface area contributed by atoms with E-state index in [4.69, 9.17) is 16.1 Å². The summed E-state index contributed by atoms with van der Waals surface area (Å²) in [5.41, 5.74) is 1.07. The van der Waals surface area contributed by atoms with E-state index in [9.17, 15) is 0 Å². The minimum absolute atomic E-state index is 0.586. The Morgan fingerprint density at radius 1 is 1.44 bits per heavy atom. The smallest absolute Gasteiger partial charge is 0.240 e. The van der Waals surface area contributed by atoms with Gasteiger partial charge in [-0.1, -0.05) is 28.9 Å². The van der Waals surface area contributed by atoms with Crippen LogP contribution >= 0.6 is 11.6 Å². The van der Waals surface area contributed by atoms with Crippen LogP contribution in [0.2, 0.25) is 5.02 Å². The third-order valence-electron chi connectivity index (χ3n) is 2.09. The largest absolute Gasteiger partial charge is 0.338 e. The normalized spacial score (nSPS) is 10.6. The first-order valence-electron chi connectivity index (χ1n) is 4.98. The standard InChI is InChI=1S/C11H12ClN3O/c1-13-7-11-14-10(15-16-11)6-8-3-2-4-9(12)5-8/h2-5,13H,6-7H2,1H3. The Hall–Kier alpha value is -1.39. The lowest BCUT2D eigenvalue weighted by Gasteiger charge is -1.96. The molecule has 5 heteroatoms. The molecule has 1 N–H and O–H groups in total. The van der Waals surface area contributed by atoms with Gasteiger partial charge in [-0.15, -0.1) is 0 Å². The maximum absolute atomic E-state index is 5.89. The first-order chi connectivity index (χ1) is 7.78. The van der Waals surface area contributed by atoms with Crippen molar-refractivity contribution < 1.29 is 4.52 Å². The lowest BCUT2D eigenvalue weighted by Crippen LogP contribution is -2.05. The molecule has 0 radical (unpaired) electrons. The summed E-state index contributed by atoms with van der Waals surface area (Å²) in [5.74, 6) is 1.27. The van der Waals surface area contributed by atoms with Crippen LogP contribution in [0, 0.1) is 0 Å². The van der Waals surface area contributed by atoms with Gasteiger partial charge in [-0.05, 0) is 24.7 Å². The van der Waals surface area contributed by atoms with E-state index < -0.39 is 0 Å². The summed E-state index contributed by atoms with van der Waals surface area (Å²) in [6, 6.07) is 7.63. The first kappa shape index (κ1) is 11.1. The van der Waals surface area contributed by atoms with Crippen LogP contribution in [0.5, 0.6) is 0 Å². The number of hydrogen-bond donors (Lipinski definition) is 1. The average Bonchev–Trinajstić information content (AvgIpc) is 2.66. The first-order valence-corrected chi connectivity index (χ1v) is 5.36. The van der Waals surface area contributed by atoms with Gasteiger partial charge in [-0.25, -0.2) is 0 Å². The van der Waals surface area contributed by atoms with E-state index in [2.05, 4.69) is 15.5 Å². The summed E-state index contributed by atoms with van der Waals surface area (Å²) in [6.07, 6.45) is 0.633. The van der Waals surface area contributed by atoms with Gasteiger partial charge in [-0.3, -0.25) is 0 Å². The van der Waals surface area contributed by atoms with Gasteiger partial charge in [0.15, 0.2) is 5.82 Å². The summed E-state index contributed by atoms with van der Waals surface area (Å²) in [7, 11) is 1.83. The highest BCUT2D eigenvalue weighted by Gasteiger charge is 2.06. The van der Waals surface area contributed by atoms with Gasteiger partial charge in [0.1, 0.15) is 0 Å². The number of halogens is 1. The molecule has 0 saturated carbocycles. The van der Waals surface area contributed by atoms with Crippen LogP contribution in [-0.2, 0) is 13.0 Å². The summed E-state index contributed by atoms with van der Waals surface area (Å²) in [6.45, 7) is 0.586. The number of aromatic nitrogens is 2. The van der Waals surface area contributed by atoms with Crippen molar-refractivity contribution in [1.82, 2.24) is 15.5 Å². The fourth-order valence-corrected chi connectivity index (χ4v) is 1.63. The van der Waals surface area contributed by atoms with E-state index in [1.165, 1.54) is 0 Å². The highest BCUT2D eigenvalue weighted by Crippen LogP contribution is 2.13. The molecule has 0 fully saturated rings. The van der Waals surface area contributed by atoms with E-state index in [1.807, 2.05) is 31.3 Å². The molecule has 0 atom stereocenters. The van der Waals surface area contributed by atoms with Crippen LogP contribution in [0.25, 0.3) is 0 Å². The molecule has 0 saturated heterocycles. The molecule has 1 heterocycles. The van der Waals surface area contributed by atoms with Crippen LogP contribution in [0.15, 0.2) is 28.8 Å². The monoisotopic (exact) mass is 237 g/mol. The zero-order valence-corrected chi connectivity index (χ0v) is 9.66. The van der Waals surface area contributed by atoms with E-state index >= 15 is 0 Å². The predicted molar refractivity (Wildman–Crippen MR) is 61.3 cm³/mol. The maximum atomic E-state index is 5.89. The molecular weight excluding hydrogens is 226 g/mol. The summed E-state index contributed by atoms with van der Waals surface area (Å²) in [5, 5.41) is 7.56. The van der Waals surface area contributed by atoms with E-state index in [0.717, 1.165) is 10.6 Å². The van der Waals surface area contributed by atoms with Gasteiger partial charge in [0.2, 0.25) is 5.89 Å². The van der Waals surface area contributed by atoms with Crippen LogP contribution in [-0.4, -0.2) is 17.2 Å². The van der Waals surface area contributed by atoms with Crippen molar-refractivity contribution in [3.63, 3.8) is 0 Å². The van der Waals surface area contributed by atoms with Crippen molar-refractivity contribution in [2.45, 2.75) is 13.0 Å². The minimum atomic E-state index is 0.586. The Bertz CT molecular complexity index is 470. The van der Waals surface area contributed by atoms with Gasteiger partial charge in [-0.2, -0.15) is 4.98 Å². The highest BCUT2D eigenvalue weighted by molar-refractivity contribution is 6.30. The van der Waals surface area contributed by atoms with Gasteiger partial charge < -0.3 is 9.84 Å². The Morgan fingerprint density at radius 3 is 3.06 bits per heavy atom. The molecule has 4 nitrogen and oxygen atoms in total. The van der Waals surface area contributed by atoms with Gasteiger partial charge >= 0.3 is 0 Å². The van der Waals surface area contributed by atoms with Gasteiger partial charge in [0.25, 0.3) is 0 Å². The molecule has 0 bridgehead atoms. The van der Waals surface area contributed by atoms with Crippen molar-refractivity contribution in [1.29, 1.82) is 0 Å². The summed E-state index contributed by atoms with van der Waals surface area (Å²) < 4.78 is 5.05. The summed E-state index contributed by atoms with van der Waals surface area (Å²) in [4.78, 5) is 4.24. The molecule has 0 aliphatic carbocycles. The molecule has 0 aliphatic heterocycles. The van der Waals surface area contributed by atoms with E-state index in [0.29, 0.717) is 24.7 Å². The lowest BCUT2D eigenvalue weighted by molar-refractivity contribution is 0.367. The van der Waals surface area contributed by atoms with Crippen molar-refractivity contribution in [2.75, 3.05) is 7.05 Å². The number of nitrogens with zero attached hydrogens (tertiary/aromatic N) is 2.